The molecular weight excluding hydrogens is 497 g/mol. The summed E-state index contributed by atoms with van der Waals surface area (Å²) in [4.78, 5) is 13.3. The van der Waals surface area contributed by atoms with Gasteiger partial charge in [0.05, 0.1) is 25.8 Å². The van der Waals surface area contributed by atoms with Crippen LogP contribution in [0.2, 0.25) is 0 Å². The van der Waals surface area contributed by atoms with Gasteiger partial charge in [-0.05, 0) is 37.4 Å². The first-order valence-electron chi connectivity index (χ1n) is 12.4. The molecule has 206 valence electrons. The van der Waals surface area contributed by atoms with E-state index in [1.807, 2.05) is 12.1 Å². The normalized spacial score (nSPS) is 17.6. The van der Waals surface area contributed by atoms with Gasteiger partial charge in [0.25, 0.3) is 0 Å². The number of nitrogens with zero attached hydrogens (tertiary/aromatic N) is 4. The summed E-state index contributed by atoms with van der Waals surface area (Å²) in [5, 5.41) is 42.7. The Kier molecular flexibility index (Phi) is 9.13. The average molecular weight is 532 g/mol. The highest BCUT2D eigenvalue weighted by Crippen LogP contribution is 2.36. The number of benzene rings is 2. The average Bonchev–Trinajstić information content (AvgIpc) is 2.95. The third-order valence-electron chi connectivity index (χ3n) is 6.65. The summed E-state index contributed by atoms with van der Waals surface area (Å²) in [6.45, 7) is 2.30. The molecule has 0 unspecified atom stereocenters. The lowest BCUT2D eigenvalue weighted by atomic mass is 10.0. The van der Waals surface area contributed by atoms with E-state index < -0.39 is 37.7 Å². The van der Waals surface area contributed by atoms with Crippen LogP contribution in [0.25, 0.3) is 10.9 Å². The number of rotatable bonds is 11. The summed E-state index contributed by atoms with van der Waals surface area (Å²) in [7, 11) is 3.55. The molecule has 1 aliphatic rings. The molecule has 5 N–H and O–H groups in total. The summed E-state index contributed by atoms with van der Waals surface area (Å²) in [5.41, 5.74) is 2.48. The van der Waals surface area contributed by atoms with Crippen molar-refractivity contribution < 1.29 is 34.3 Å². The highest BCUT2D eigenvalue weighted by molar-refractivity contribution is 5.93. The van der Waals surface area contributed by atoms with Crippen LogP contribution in [-0.4, -0.2) is 113 Å². The zero-order valence-electron chi connectivity index (χ0n) is 21.4. The summed E-state index contributed by atoms with van der Waals surface area (Å²) in [6.07, 6.45) is -5.86. The van der Waals surface area contributed by atoms with E-state index in [1.165, 1.54) is 19.5 Å². The molecule has 1 saturated heterocycles. The number of aliphatic hydroxyl groups is 4. The monoisotopic (exact) mass is 531 g/mol. The molecule has 12 heteroatoms. The molecule has 2 heterocycles. The number of anilines is 3. The van der Waals surface area contributed by atoms with Crippen LogP contribution in [0.5, 0.6) is 11.5 Å². The van der Waals surface area contributed by atoms with Crippen LogP contribution >= 0.6 is 0 Å². The fraction of sp³-hybridized carbons (Fsp3) is 0.462. The number of methoxy groups -OCH3 is 1. The molecule has 0 spiro atoms. The molecule has 0 aliphatic carbocycles. The second-order valence-electron chi connectivity index (χ2n) is 9.22. The predicted octanol–water partition coefficient (Wildman–Crippen LogP) is 0.926. The van der Waals surface area contributed by atoms with Gasteiger partial charge in [-0.15, -0.1) is 0 Å². The minimum Gasteiger partial charge on any atom is -0.493 e. The zero-order valence-corrected chi connectivity index (χ0v) is 21.4. The molecule has 0 amide bonds. The highest BCUT2D eigenvalue weighted by Gasteiger charge is 2.34. The van der Waals surface area contributed by atoms with Crippen molar-refractivity contribution in [1.82, 2.24) is 14.9 Å². The molecule has 11 nitrogen and oxygen atoms in total. The lowest BCUT2D eigenvalue weighted by Crippen LogP contribution is -2.48. The summed E-state index contributed by atoms with van der Waals surface area (Å²) < 4.78 is 24.8. The fourth-order valence-electron chi connectivity index (χ4n) is 4.29. The largest absolute Gasteiger partial charge is 0.493 e. The van der Waals surface area contributed by atoms with Crippen LogP contribution < -0.4 is 19.7 Å². The second kappa shape index (κ2) is 12.5. The van der Waals surface area contributed by atoms with Gasteiger partial charge in [0.1, 0.15) is 24.4 Å². The fourth-order valence-corrected chi connectivity index (χ4v) is 4.29. The van der Waals surface area contributed by atoms with Gasteiger partial charge < -0.3 is 45.0 Å². The number of piperazine rings is 1. The number of hydrogen-bond donors (Lipinski definition) is 5. The molecule has 0 saturated carbocycles. The standard InChI is InChI=1S/C26H34FN5O6/c1-31-7-9-32(10-8-31)17-5-3-16(4-6-17)30-26-18-11-21(37-2)22(12-20(18)28-15-29-26)38-23(14-34)25(36)24(35)19(27)13-33/h3-6,11-12,15,19,23-25,33-36H,7-10,13-14H2,1-2H3,(H,28,29,30)/t19-,23-,24+,25+/m1/s1. The topological polar surface area (TPSA) is 144 Å². The maximum Gasteiger partial charge on any atom is 0.164 e. The van der Waals surface area contributed by atoms with Crippen molar-refractivity contribution in [1.29, 1.82) is 0 Å². The zero-order chi connectivity index (χ0) is 27.2. The maximum absolute atomic E-state index is 13.7. The van der Waals surface area contributed by atoms with Crippen LogP contribution in [0.1, 0.15) is 0 Å². The SMILES string of the molecule is COc1cc2c(Nc3ccc(N4CCN(C)CC4)cc3)ncnc2cc1O[C@H](CO)[C@H](O)[C@@H](O)[C@H](F)CO. The minimum absolute atomic E-state index is 0.117. The molecule has 1 fully saturated rings. The Morgan fingerprint density at radius 1 is 0.974 bits per heavy atom. The van der Waals surface area contributed by atoms with Crippen molar-refractivity contribution >= 4 is 28.1 Å². The number of hydrogen-bond acceptors (Lipinski definition) is 11. The second-order valence-corrected chi connectivity index (χ2v) is 9.22. The molecule has 1 aliphatic heterocycles. The Hall–Kier alpha value is -3.29. The molecule has 3 aromatic rings. The van der Waals surface area contributed by atoms with Gasteiger partial charge in [0.15, 0.2) is 23.8 Å². The van der Waals surface area contributed by atoms with E-state index in [2.05, 4.69) is 44.3 Å². The van der Waals surface area contributed by atoms with Crippen LogP contribution in [0, 0.1) is 0 Å². The first-order valence-corrected chi connectivity index (χ1v) is 12.4. The Balaban J connectivity index is 1.54. The number of halogens is 1. The molecule has 0 radical (unpaired) electrons. The van der Waals surface area contributed by atoms with Crippen LogP contribution in [0.3, 0.4) is 0 Å². The van der Waals surface area contributed by atoms with Gasteiger partial charge in [0.2, 0.25) is 0 Å². The number of nitrogens with one attached hydrogen (secondary N) is 1. The summed E-state index contributed by atoms with van der Waals surface area (Å²) in [6, 6.07) is 11.3. The highest BCUT2D eigenvalue weighted by atomic mass is 19.1. The van der Waals surface area contributed by atoms with Crippen molar-refractivity contribution in [2.75, 3.05) is 63.8 Å². The Morgan fingerprint density at radius 2 is 1.68 bits per heavy atom. The quantitative estimate of drug-likeness (QED) is 0.241. The number of aromatic nitrogens is 2. The smallest absolute Gasteiger partial charge is 0.164 e. The summed E-state index contributed by atoms with van der Waals surface area (Å²) in [5.74, 6) is 0.898. The van der Waals surface area contributed by atoms with Gasteiger partial charge in [-0.1, -0.05) is 0 Å². The molecule has 2 aromatic carbocycles. The first-order chi connectivity index (χ1) is 18.3. The summed E-state index contributed by atoms with van der Waals surface area (Å²) >= 11 is 0. The lowest BCUT2D eigenvalue weighted by molar-refractivity contribution is -0.0981. The number of aliphatic hydroxyl groups excluding tert-OH is 4. The number of fused-ring (bicyclic) bond motifs is 1. The van der Waals surface area contributed by atoms with E-state index in [1.54, 1.807) is 6.07 Å². The third kappa shape index (κ3) is 6.22. The van der Waals surface area contributed by atoms with Crippen molar-refractivity contribution in [2.24, 2.45) is 0 Å². The number of ether oxygens (including phenoxy) is 2. The third-order valence-corrected chi connectivity index (χ3v) is 6.65. The Bertz CT molecular complexity index is 1190. The van der Waals surface area contributed by atoms with Crippen LogP contribution in [-0.2, 0) is 0 Å². The van der Waals surface area contributed by atoms with Gasteiger partial charge in [-0.2, -0.15) is 0 Å². The molecule has 1 aromatic heterocycles. The maximum atomic E-state index is 13.7. The van der Waals surface area contributed by atoms with E-state index in [0.717, 1.165) is 37.6 Å². The minimum atomic E-state index is -2.10. The van der Waals surface area contributed by atoms with Crippen LogP contribution in [0.4, 0.5) is 21.6 Å². The molecular formula is C26H34FN5O6. The molecule has 4 rings (SSSR count). The van der Waals surface area contributed by atoms with E-state index in [-0.39, 0.29) is 11.5 Å². The van der Waals surface area contributed by atoms with Crippen LogP contribution in [0.15, 0.2) is 42.7 Å². The van der Waals surface area contributed by atoms with E-state index in [0.29, 0.717) is 16.7 Å². The molecule has 38 heavy (non-hydrogen) atoms. The number of likely N-dealkylation sites (N-methyl/N-ethyl adjacent to an activating group) is 1. The molecule has 4 atom stereocenters. The van der Waals surface area contributed by atoms with Crippen molar-refractivity contribution in [3.63, 3.8) is 0 Å². The van der Waals surface area contributed by atoms with Gasteiger partial charge in [-0.3, -0.25) is 0 Å². The predicted molar refractivity (Wildman–Crippen MR) is 141 cm³/mol. The van der Waals surface area contributed by atoms with Gasteiger partial charge in [-0.25, -0.2) is 14.4 Å². The molecule has 0 bridgehead atoms. The van der Waals surface area contributed by atoms with Crippen molar-refractivity contribution in [2.45, 2.75) is 24.5 Å². The van der Waals surface area contributed by atoms with Crippen molar-refractivity contribution in [3.05, 3.63) is 42.7 Å². The number of alkyl halides is 1. The van der Waals surface area contributed by atoms with E-state index in [9.17, 15) is 19.7 Å². The lowest BCUT2D eigenvalue weighted by Gasteiger charge is -2.34. The first kappa shape index (κ1) is 27.7. The van der Waals surface area contributed by atoms with Gasteiger partial charge in [0, 0.05) is 49.0 Å². The van der Waals surface area contributed by atoms with Crippen molar-refractivity contribution in [3.8, 4) is 11.5 Å². The van der Waals surface area contributed by atoms with E-state index in [4.69, 9.17) is 14.6 Å². The van der Waals surface area contributed by atoms with Gasteiger partial charge >= 0.3 is 0 Å². The Labute approximate surface area is 220 Å². The van der Waals surface area contributed by atoms with E-state index >= 15 is 0 Å². The Morgan fingerprint density at radius 3 is 2.32 bits per heavy atom.